The summed E-state index contributed by atoms with van der Waals surface area (Å²) >= 11 is 0. The summed E-state index contributed by atoms with van der Waals surface area (Å²) in [5.41, 5.74) is -0.174. The molecule has 0 aromatic rings. The van der Waals surface area contributed by atoms with Crippen LogP contribution in [0.15, 0.2) is 0 Å². The van der Waals surface area contributed by atoms with E-state index in [4.69, 9.17) is 5.41 Å². The van der Waals surface area contributed by atoms with Gasteiger partial charge in [0.25, 0.3) is 0 Å². The molecule has 2 amide bonds. The van der Waals surface area contributed by atoms with E-state index in [1.165, 1.54) is 24.2 Å². The van der Waals surface area contributed by atoms with Gasteiger partial charge in [0.15, 0.2) is 0 Å². The number of hydrogen-bond donors (Lipinski definition) is 1. The largest absolute Gasteiger partial charge is 0.342 e. The second kappa shape index (κ2) is 6.85. The molecule has 3 fully saturated rings. The van der Waals surface area contributed by atoms with Gasteiger partial charge < -0.3 is 9.80 Å². The van der Waals surface area contributed by atoms with E-state index in [9.17, 15) is 9.59 Å². The molecule has 0 radical (unpaired) electrons. The first-order valence-electron chi connectivity index (χ1n) is 9.53. The average molecular weight is 333 g/mol. The van der Waals surface area contributed by atoms with Gasteiger partial charge in [-0.15, -0.1) is 0 Å². The first-order valence-corrected chi connectivity index (χ1v) is 9.53. The van der Waals surface area contributed by atoms with E-state index in [1.54, 1.807) is 7.05 Å². The fraction of sp³-hybridized carbons (Fsp3) is 0.842. The Kier molecular flexibility index (Phi) is 4.97. The lowest BCUT2D eigenvalue weighted by Crippen LogP contribution is -2.52. The Labute approximate surface area is 145 Å². The van der Waals surface area contributed by atoms with Crippen LogP contribution in [0, 0.1) is 22.7 Å². The molecular formula is C19H31N3O2. The lowest BCUT2D eigenvalue weighted by atomic mass is 9.67. The van der Waals surface area contributed by atoms with Crippen molar-refractivity contribution in [3.05, 3.63) is 0 Å². The molecule has 0 spiro atoms. The minimum atomic E-state index is -0.174. The standard InChI is InChI=1S/C19H31N3O2/c1-19(11-16(20)21(2)17(23)12-19)15-9-6-10-22(13-15)18(24)14-7-4-3-5-8-14/h14-15,20H,3-13H2,1-2H3/t15?,19-/m0/s1. The Bertz CT molecular complexity index is 507. The topological polar surface area (TPSA) is 64.5 Å². The van der Waals surface area contributed by atoms with E-state index >= 15 is 0 Å². The highest BCUT2D eigenvalue weighted by atomic mass is 16.2. The first kappa shape index (κ1) is 17.4. The van der Waals surface area contributed by atoms with Gasteiger partial charge >= 0.3 is 0 Å². The zero-order valence-electron chi connectivity index (χ0n) is 15.1. The molecule has 3 aliphatic rings. The van der Waals surface area contributed by atoms with Crippen molar-refractivity contribution in [2.45, 2.75) is 64.7 Å². The predicted octanol–water partition coefficient (Wildman–Crippen LogP) is 3.04. The zero-order valence-corrected chi connectivity index (χ0v) is 15.1. The number of carbonyl (C=O) groups excluding carboxylic acids is 2. The summed E-state index contributed by atoms with van der Waals surface area (Å²) in [5, 5.41) is 8.12. The van der Waals surface area contributed by atoms with E-state index in [1.807, 2.05) is 0 Å². The molecule has 0 bridgehead atoms. The van der Waals surface area contributed by atoms with Crippen molar-refractivity contribution in [2.24, 2.45) is 17.3 Å². The third kappa shape index (κ3) is 3.35. The molecule has 2 atom stereocenters. The molecule has 1 saturated carbocycles. The summed E-state index contributed by atoms with van der Waals surface area (Å²) in [6, 6.07) is 0. The van der Waals surface area contributed by atoms with Gasteiger partial charge in [0.2, 0.25) is 11.8 Å². The van der Waals surface area contributed by atoms with Gasteiger partial charge in [-0.25, -0.2) is 0 Å². The first-order chi connectivity index (χ1) is 11.4. The smallest absolute Gasteiger partial charge is 0.228 e. The molecule has 2 aliphatic heterocycles. The zero-order chi connectivity index (χ0) is 17.3. The Morgan fingerprint density at radius 3 is 2.50 bits per heavy atom. The summed E-state index contributed by atoms with van der Waals surface area (Å²) in [6.45, 7) is 3.79. The van der Waals surface area contributed by atoms with Crippen LogP contribution in [0.1, 0.15) is 64.7 Å². The van der Waals surface area contributed by atoms with Crippen LogP contribution in [0.5, 0.6) is 0 Å². The van der Waals surface area contributed by atoms with E-state index in [0.717, 1.165) is 38.8 Å². The molecule has 1 unspecified atom stereocenters. The van der Waals surface area contributed by atoms with Gasteiger partial charge in [0.1, 0.15) is 5.84 Å². The van der Waals surface area contributed by atoms with Crippen LogP contribution >= 0.6 is 0 Å². The maximum Gasteiger partial charge on any atom is 0.228 e. The monoisotopic (exact) mass is 333 g/mol. The van der Waals surface area contributed by atoms with E-state index < -0.39 is 0 Å². The van der Waals surface area contributed by atoms with Gasteiger partial charge in [0, 0.05) is 38.9 Å². The van der Waals surface area contributed by atoms with Gasteiger partial charge in [-0.3, -0.25) is 15.0 Å². The Morgan fingerprint density at radius 2 is 1.83 bits per heavy atom. The molecule has 1 aliphatic carbocycles. The average Bonchev–Trinajstić information content (AvgIpc) is 2.60. The second-order valence-electron chi connectivity index (χ2n) is 8.37. The van der Waals surface area contributed by atoms with Crippen LogP contribution in [-0.4, -0.2) is 47.6 Å². The summed E-state index contributed by atoms with van der Waals surface area (Å²) in [4.78, 5) is 28.7. The molecule has 1 N–H and O–H groups in total. The summed E-state index contributed by atoms with van der Waals surface area (Å²) in [7, 11) is 1.70. The number of piperidine rings is 2. The molecule has 5 nitrogen and oxygen atoms in total. The lowest BCUT2D eigenvalue weighted by molar-refractivity contribution is -0.140. The number of nitrogens with zero attached hydrogens (tertiary/aromatic N) is 2. The predicted molar refractivity (Wildman–Crippen MR) is 93.7 cm³/mol. The highest BCUT2D eigenvalue weighted by molar-refractivity contribution is 5.99. The van der Waals surface area contributed by atoms with Gasteiger partial charge in [0.05, 0.1) is 0 Å². The van der Waals surface area contributed by atoms with E-state index in [2.05, 4.69) is 11.8 Å². The van der Waals surface area contributed by atoms with E-state index in [0.29, 0.717) is 30.5 Å². The minimum Gasteiger partial charge on any atom is -0.342 e. The van der Waals surface area contributed by atoms with Crippen molar-refractivity contribution < 1.29 is 9.59 Å². The van der Waals surface area contributed by atoms with Gasteiger partial charge in [-0.05, 0) is 37.0 Å². The number of likely N-dealkylation sites (tertiary alicyclic amines) is 2. The number of amidine groups is 1. The molecule has 5 heteroatoms. The number of hydrogen-bond acceptors (Lipinski definition) is 3. The van der Waals surface area contributed by atoms with E-state index in [-0.39, 0.29) is 17.2 Å². The summed E-state index contributed by atoms with van der Waals surface area (Å²) < 4.78 is 0. The van der Waals surface area contributed by atoms with Gasteiger partial charge in [-0.1, -0.05) is 26.2 Å². The fourth-order valence-electron chi connectivity index (χ4n) is 4.82. The molecule has 24 heavy (non-hydrogen) atoms. The molecular weight excluding hydrogens is 302 g/mol. The van der Waals surface area contributed by atoms with Crippen molar-refractivity contribution in [3.8, 4) is 0 Å². The third-order valence-electron chi connectivity index (χ3n) is 6.58. The Hall–Kier alpha value is -1.39. The molecule has 0 aromatic heterocycles. The van der Waals surface area contributed by atoms with Crippen molar-refractivity contribution in [3.63, 3.8) is 0 Å². The Morgan fingerprint density at radius 1 is 1.12 bits per heavy atom. The maximum atomic E-state index is 12.9. The lowest BCUT2D eigenvalue weighted by Gasteiger charge is -2.47. The van der Waals surface area contributed by atoms with Crippen LogP contribution in [-0.2, 0) is 9.59 Å². The summed E-state index contributed by atoms with van der Waals surface area (Å²) in [6.07, 6.45) is 8.96. The highest BCUT2D eigenvalue weighted by Gasteiger charge is 2.44. The highest BCUT2D eigenvalue weighted by Crippen LogP contribution is 2.43. The summed E-state index contributed by atoms with van der Waals surface area (Å²) in [5.74, 6) is 1.37. The minimum absolute atomic E-state index is 0.0458. The van der Waals surface area contributed by atoms with Crippen LogP contribution < -0.4 is 0 Å². The maximum absolute atomic E-state index is 12.9. The molecule has 3 rings (SSSR count). The van der Waals surface area contributed by atoms with Crippen LogP contribution in [0.25, 0.3) is 0 Å². The van der Waals surface area contributed by atoms with Crippen LogP contribution in [0.2, 0.25) is 0 Å². The van der Waals surface area contributed by atoms with Crippen LogP contribution in [0.4, 0.5) is 0 Å². The van der Waals surface area contributed by atoms with Crippen molar-refractivity contribution >= 4 is 17.6 Å². The molecule has 0 aromatic carbocycles. The Balaban J connectivity index is 1.67. The fourth-order valence-corrected chi connectivity index (χ4v) is 4.82. The normalized spacial score (nSPS) is 33.0. The molecule has 2 saturated heterocycles. The number of rotatable bonds is 2. The second-order valence-corrected chi connectivity index (χ2v) is 8.37. The number of amides is 2. The number of nitrogens with one attached hydrogen (secondary N) is 1. The van der Waals surface area contributed by atoms with Crippen molar-refractivity contribution in [1.29, 1.82) is 5.41 Å². The number of carbonyl (C=O) groups is 2. The quantitative estimate of drug-likeness (QED) is 0.844. The molecule has 2 heterocycles. The van der Waals surface area contributed by atoms with Gasteiger partial charge in [-0.2, -0.15) is 0 Å². The third-order valence-corrected chi connectivity index (χ3v) is 6.58. The van der Waals surface area contributed by atoms with Crippen LogP contribution in [0.3, 0.4) is 0 Å². The molecule has 134 valence electrons. The SMILES string of the molecule is CN1C(=N)C[C@](C)(C2CCCN(C(=O)C3CCCCC3)C2)CC1=O. The van der Waals surface area contributed by atoms with Crippen molar-refractivity contribution in [1.82, 2.24) is 9.80 Å². The van der Waals surface area contributed by atoms with Crippen molar-refractivity contribution in [2.75, 3.05) is 20.1 Å².